The second-order valence-electron chi connectivity index (χ2n) is 4.66. The van der Waals surface area contributed by atoms with Gasteiger partial charge in [-0.1, -0.05) is 21.6 Å². The van der Waals surface area contributed by atoms with Crippen LogP contribution in [0.15, 0.2) is 0 Å². The molecule has 0 N–H and O–H groups in total. The highest BCUT2D eigenvalue weighted by molar-refractivity contribution is 8.76. The van der Waals surface area contributed by atoms with Gasteiger partial charge in [0.15, 0.2) is 16.6 Å². The number of hydrogen-bond donors (Lipinski definition) is 0. The predicted octanol–water partition coefficient (Wildman–Crippen LogP) is 4.30. The van der Waals surface area contributed by atoms with Crippen molar-refractivity contribution >= 4 is 38.2 Å². The Balaban J connectivity index is 0. The maximum Gasteiger partial charge on any atom is 0.170 e. The molecule has 0 aliphatic rings. The molecule has 0 aromatic carbocycles. The molecule has 0 saturated heterocycles. The molecule has 0 atom stereocenters. The van der Waals surface area contributed by atoms with Crippen LogP contribution in [0.2, 0.25) is 39.3 Å². The third-order valence-corrected chi connectivity index (χ3v) is 7.01. The van der Waals surface area contributed by atoms with Gasteiger partial charge < -0.3 is 4.12 Å². The predicted molar refractivity (Wildman–Crippen MR) is 74.8 cm³/mol. The Morgan fingerprint density at radius 3 is 0.923 bits per heavy atom. The van der Waals surface area contributed by atoms with Crippen molar-refractivity contribution < 1.29 is 4.12 Å². The third kappa shape index (κ3) is 24.6. The summed E-state index contributed by atoms with van der Waals surface area (Å²) in [6.45, 7) is 13.4. The number of hydrogen-bond acceptors (Lipinski definition) is 3. The quantitative estimate of drug-likeness (QED) is 0.550. The van der Waals surface area contributed by atoms with Crippen molar-refractivity contribution in [1.82, 2.24) is 0 Å². The molecule has 0 rings (SSSR count). The second kappa shape index (κ2) is 7.39. The number of rotatable bonds is 3. The molecule has 13 heavy (non-hydrogen) atoms. The van der Waals surface area contributed by atoms with Gasteiger partial charge in [0.2, 0.25) is 0 Å². The molecular formula is C8H24OS2Si2. The van der Waals surface area contributed by atoms with Crippen LogP contribution >= 0.6 is 21.6 Å². The fourth-order valence-corrected chi connectivity index (χ4v) is 8.27. The summed E-state index contributed by atoms with van der Waals surface area (Å²) in [6.07, 6.45) is 4.12. The van der Waals surface area contributed by atoms with E-state index in [0.717, 1.165) is 0 Å². The molecule has 0 aromatic rings. The van der Waals surface area contributed by atoms with Crippen molar-refractivity contribution in [3.05, 3.63) is 0 Å². The zero-order chi connectivity index (χ0) is 11.1. The minimum Gasteiger partial charge on any atom is -0.456 e. The minimum absolute atomic E-state index is 1.23. The topological polar surface area (TPSA) is 9.23 Å². The van der Waals surface area contributed by atoms with Crippen molar-refractivity contribution in [2.45, 2.75) is 39.3 Å². The van der Waals surface area contributed by atoms with Gasteiger partial charge >= 0.3 is 0 Å². The van der Waals surface area contributed by atoms with Crippen molar-refractivity contribution in [2.75, 3.05) is 12.5 Å². The normalized spacial score (nSPS) is 12.0. The van der Waals surface area contributed by atoms with E-state index >= 15 is 0 Å². The van der Waals surface area contributed by atoms with E-state index in [0.29, 0.717) is 0 Å². The molecule has 0 amide bonds. The Morgan fingerprint density at radius 1 is 0.692 bits per heavy atom. The Morgan fingerprint density at radius 2 is 0.923 bits per heavy atom. The summed E-state index contributed by atoms with van der Waals surface area (Å²) in [5.41, 5.74) is 0. The minimum atomic E-state index is -1.23. The molecule has 1 nitrogen and oxygen atoms in total. The zero-order valence-electron chi connectivity index (χ0n) is 10.2. The summed E-state index contributed by atoms with van der Waals surface area (Å²) in [5.74, 6) is 0. The molecule has 0 aliphatic carbocycles. The summed E-state index contributed by atoms with van der Waals surface area (Å²) in [5, 5.41) is 0. The van der Waals surface area contributed by atoms with Gasteiger partial charge in [0.1, 0.15) is 0 Å². The van der Waals surface area contributed by atoms with Crippen LogP contribution in [0.5, 0.6) is 0 Å². The molecule has 0 aromatic heterocycles. The average molecular weight is 257 g/mol. The molecular weight excluding hydrogens is 232 g/mol. The van der Waals surface area contributed by atoms with Crippen LogP contribution in [0.4, 0.5) is 0 Å². The second-order valence-corrected chi connectivity index (χ2v) is 16.6. The van der Waals surface area contributed by atoms with Crippen molar-refractivity contribution in [3.63, 3.8) is 0 Å². The van der Waals surface area contributed by atoms with Gasteiger partial charge in [0, 0.05) is 0 Å². The van der Waals surface area contributed by atoms with Crippen molar-refractivity contribution in [1.29, 1.82) is 0 Å². The Kier molecular flexibility index (Phi) is 9.40. The van der Waals surface area contributed by atoms with Gasteiger partial charge in [0.05, 0.1) is 0 Å². The van der Waals surface area contributed by atoms with Gasteiger partial charge in [-0.3, -0.25) is 0 Å². The molecule has 0 radical (unpaired) electrons. The van der Waals surface area contributed by atoms with E-state index in [-0.39, 0.29) is 0 Å². The van der Waals surface area contributed by atoms with Crippen LogP contribution in [-0.2, 0) is 4.12 Å². The molecule has 0 bridgehead atoms. The monoisotopic (exact) mass is 256 g/mol. The van der Waals surface area contributed by atoms with Crippen molar-refractivity contribution in [3.8, 4) is 0 Å². The van der Waals surface area contributed by atoms with Crippen LogP contribution in [0.1, 0.15) is 0 Å². The van der Waals surface area contributed by atoms with Gasteiger partial charge in [-0.05, 0) is 51.8 Å². The Hall–Kier alpha value is 1.09. The summed E-state index contributed by atoms with van der Waals surface area (Å²) < 4.78 is 5.90. The first-order chi connectivity index (χ1) is 5.62. The van der Waals surface area contributed by atoms with Gasteiger partial charge in [-0.2, -0.15) is 0 Å². The largest absolute Gasteiger partial charge is 0.456 e. The molecule has 0 spiro atoms. The first-order valence-electron chi connectivity index (χ1n) is 4.39. The highest BCUT2D eigenvalue weighted by Gasteiger charge is 2.24. The van der Waals surface area contributed by atoms with E-state index in [1.807, 2.05) is 0 Å². The van der Waals surface area contributed by atoms with Crippen LogP contribution in [0.3, 0.4) is 0 Å². The molecule has 5 heteroatoms. The van der Waals surface area contributed by atoms with E-state index in [4.69, 9.17) is 4.12 Å². The highest BCUT2D eigenvalue weighted by atomic mass is 33.1. The highest BCUT2D eigenvalue weighted by Crippen LogP contribution is 2.12. The lowest BCUT2D eigenvalue weighted by atomic mass is 11.8. The third-order valence-electron chi connectivity index (χ3n) is 0.779. The summed E-state index contributed by atoms with van der Waals surface area (Å²) in [4.78, 5) is 0. The van der Waals surface area contributed by atoms with Gasteiger partial charge in [-0.25, -0.2) is 0 Å². The fourth-order valence-electron chi connectivity index (χ4n) is 0.919. The van der Waals surface area contributed by atoms with Crippen LogP contribution in [-0.4, -0.2) is 29.1 Å². The Labute approximate surface area is 94.1 Å². The van der Waals surface area contributed by atoms with Crippen molar-refractivity contribution in [2.24, 2.45) is 0 Å². The molecule has 0 saturated carbocycles. The molecule has 0 aliphatic heterocycles. The maximum absolute atomic E-state index is 5.90. The van der Waals surface area contributed by atoms with E-state index in [2.05, 4.69) is 51.8 Å². The lowest BCUT2D eigenvalue weighted by molar-refractivity contribution is 0.559. The Bertz CT molecular complexity index is 104. The van der Waals surface area contributed by atoms with E-state index in [1.165, 1.54) is 0 Å². The summed E-state index contributed by atoms with van der Waals surface area (Å²) in [6, 6.07) is 0. The fraction of sp³-hybridized carbons (Fsp3) is 1.00. The SMILES string of the molecule is CSSC.C[Si](C)(C)O[Si](C)(C)C. The van der Waals surface area contributed by atoms with E-state index < -0.39 is 16.6 Å². The van der Waals surface area contributed by atoms with E-state index in [9.17, 15) is 0 Å². The molecule has 82 valence electrons. The first-order valence-corrected chi connectivity index (χ1v) is 14.2. The van der Waals surface area contributed by atoms with Crippen LogP contribution in [0.25, 0.3) is 0 Å². The smallest absolute Gasteiger partial charge is 0.170 e. The van der Waals surface area contributed by atoms with E-state index in [1.54, 1.807) is 21.6 Å². The first kappa shape index (κ1) is 16.5. The summed E-state index contributed by atoms with van der Waals surface area (Å²) >= 11 is 0. The lowest BCUT2D eigenvalue weighted by Gasteiger charge is -2.27. The lowest BCUT2D eigenvalue weighted by Crippen LogP contribution is -2.39. The van der Waals surface area contributed by atoms with Crippen LogP contribution in [0, 0.1) is 0 Å². The molecule has 0 heterocycles. The molecule has 0 fully saturated rings. The average Bonchev–Trinajstić information content (AvgIpc) is 1.80. The maximum atomic E-state index is 5.90. The zero-order valence-corrected chi connectivity index (χ0v) is 13.9. The molecule has 0 unspecified atom stereocenters. The van der Waals surface area contributed by atoms with Gasteiger partial charge in [0.25, 0.3) is 0 Å². The van der Waals surface area contributed by atoms with Gasteiger partial charge in [-0.15, -0.1) is 0 Å². The van der Waals surface area contributed by atoms with Crippen LogP contribution < -0.4 is 0 Å². The summed E-state index contributed by atoms with van der Waals surface area (Å²) in [7, 11) is 1.08. The standard InChI is InChI=1S/C6H18OSi2.C2H6S2/c1-8(2,3)7-9(4,5)6;1-3-4-2/h1-6H3;1-2H3.